The fraction of sp³-hybridized carbons (Fsp3) is 0.774. The van der Waals surface area contributed by atoms with E-state index in [1.807, 2.05) is 0 Å². The molecule has 24 N–H and O–H groups in total. The average molecular weight is 929 g/mol. The molecule has 0 saturated heterocycles. The van der Waals surface area contributed by atoms with Gasteiger partial charge in [-0.25, -0.2) is 4.79 Å². The summed E-state index contributed by atoms with van der Waals surface area (Å²) in [6.45, 7) is 0.116. The fourth-order valence-corrected chi connectivity index (χ4v) is 2.84. The molecule has 0 amide bonds. The summed E-state index contributed by atoms with van der Waals surface area (Å²) >= 11 is 0. The van der Waals surface area contributed by atoms with Crippen molar-refractivity contribution < 1.29 is 156 Å². The lowest BCUT2D eigenvalue weighted by molar-refractivity contribution is -0.163. The van der Waals surface area contributed by atoms with E-state index in [4.69, 9.17) is 127 Å². The van der Waals surface area contributed by atoms with Gasteiger partial charge in [0.2, 0.25) is 0 Å². The standard InChI is InChI=1S/C6H10O7.2C6H12O6.C6H12O5.C5H10O5.C2H4O2/c7-1-2(8)3(9)4(10)5(11)6(12)13;2*7-1-3(9)5(11)6(12)4(10)2-8;1-3(8)5(10)6(11)4(9)2-7;6-1-3(8)5(10)4(9)2-7;1-2(3)4/h1-5,8-11H,(H,12,13);2*1,3-6,8-12H,2H2;2-6,8-11H,1H3;1,3-5,7-10H,2H2;1H3,(H,3,4). The van der Waals surface area contributed by atoms with E-state index in [2.05, 4.69) is 0 Å². The van der Waals surface area contributed by atoms with E-state index in [-0.39, 0.29) is 31.4 Å². The molecule has 62 heavy (non-hydrogen) atoms. The van der Waals surface area contributed by atoms with Crippen LogP contribution in [0, 0.1) is 0 Å². The molecule has 0 aliphatic carbocycles. The first-order chi connectivity index (χ1) is 28.4. The van der Waals surface area contributed by atoms with Crippen LogP contribution in [-0.2, 0) is 33.6 Å². The molecular weight excluding hydrogens is 868 g/mol. The lowest BCUT2D eigenvalue weighted by Crippen LogP contribution is -2.48. The van der Waals surface area contributed by atoms with E-state index in [1.165, 1.54) is 6.92 Å². The van der Waals surface area contributed by atoms with Gasteiger partial charge in [0.25, 0.3) is 5.97 Å². The summed E-state index contributed by atoms with van der Waals surface area (Å²) < 4.78 is 0. The Kier molecular flexibility index (Phi) is 45.4. The van der Waals surface area contributed by atoms with Crippen molar-refractivity contribution in [3.63, 3.8) is 0 Å². The zero-order valence-electron chi connectivity index (χ0n) is 32.6. The Labute approximate surface area is 349 Å². The number of carboxylic acid groups (broad SMARTS) is 2. The topological polar surface area (TPSA) is 605 Å². The molecule has 31 nitrogen and oxygen atoms in total. The molecule has 0 aromatic rings. The molecule has 0 aliphatic heterocycles. The van der Waals surface area contributed by atoms with E-state index >= 15 is 0 Å². The number of hydrogen-bond acceptors (Lipinski definition) is 29. The first-order valence-corrected chi connectivity index (χ1v) is 16.8. The van der Waals surface area contributed by atoms with Crippen LogP contribution in [0.1, 0.15) is 13.8 Å². The van der Waals surface area contributed by atoms with Gasteiger partial charge in [-0.15, -0.1) is 0 Å². The normalized spacial score (nSPS) is 19.8. The summed E-state index contributed by atoms with van der Waals surface area (Å²) in [6, 6.07) is 0. The number of aldehydes is 5. The van der Waals surface area contributed by atoms with Crippen molar-refractivity contribution in [1.82, 2.24) is 0 Å². The molecule has 0 aliphatic rings. The number of aliphatic hydroxyl groups is 22. The maximum Gasteiger partial charge on any atom is 0.335 e. The Balaban J connectivity index is -0.000000155. The van der Waals surface area contributed by atoms with Crippen molar-refractivity contribution >= 4 is 43.4 Å². The van der Waals surface area contributed by atoms with Crippen LogP contribution < -0.4 is 0 Å². The molecule has 19 unspecified atom stereocenters. The van der Waals surface area contributed by atoms with Gasteiger partial charge in [-0.2, -0.15) is 0 Å². The average Bonchev–Trinajstić information content (AvgIpc) is 3.26. The molecular formula is C31H60O31. The summed E-state index contributed by atoms with van der Waals surface area (Å²) in [4.78, 5) is 68.4. The SMILES string of the molecule is CC(=O)O.CC(O)C(O)C(O)C(O)C=O.O=CC(O)C(O)C(O)C(O)C(=O)O.O=CC(O)C(O)C(O)C(O)CO.O=CC(O)C(O)C(O)C(O)CO.O=CC(O)C(O)C(O)CO. The molecule has 0 radical (unpaired) electrons. The number of aliphatic hydroxyl groups excluding tert-OH is 22. The molecule has 0 heterocycles. The van der Waals surface area contributed by atoms with E-state index in [0.717, 1.165) is 6.92 Å². The summed E-state index contributed by atoms with van der Waals surface area (Å²) in [5.74, 6) is -2.59. The van der Waals surface area contributed by atoms with Crippen molar-refractivity contribution in [2.45, 2.75) is 130 Å². The third-order valence-corrected chi connectivity index (χ3v) is 6.66. The molecule has 0 aromatic carbocycles. The third-order valence-electron chi connectivity index (χ3n) is 6.66. The monoisotopic (exact) mass is 928 g/mol. The summed E-state index contributed by atoms with van der Waals surface area (Å²) in [5, 5.41) is 207. The first kappa shape index (κ1) is 70.1. The van der Waals surface area contributed by atoms with Crippen LogP contribution in [0.4, 0.5) is 0 Å². The zero-order chi connectivity index (χ0) is 50.8. The van der Waals surface area contributed by atoms with Crippen LogP contribution in [0.25, 0.3) is 0 Å². The predicted octanol–water partition coefficient (Wildman–Crippen LogP) is -15.0. The van der Waals surface area contributed by atoms with Crippen LogP contribution >= 0.6 is 0 Å². The number of hydrogen-bond donors (Lipinski definition) is 24. The second-order valence-corrected chi connectivity index (χ2v) is 11.8. The Hall–Kier alpha value is -3.59. The predicted molar refractivity (Wildman–Crippen MR) is 192 cm³/mol. The van der Waals surface area contributed by atoms with Crippen LogP contribution in [0.5, 0.6) is 0 Å². The Morgan fingerprint density at radius 3 is 0.758 bits per heavy atom. The first-order valence-electron chi connectivity index (χ1n) is 16.8. The Morgan fingerprint density at radius 2 is 0.565 bits per heavy atom. The van der Waals surface area contributed by atoms with Gasteiger partial charge >= 0.3 is 5.97 Å². The summed E-state index contributed by atoms with van der Waals surface area (Å²) in [7, 11) is 0. The Morgan fingerprint density at radius 1 is 0.371 bits per heavy atom. The molecule has 0 rings (SSSR count). The van der Waals surface area contributed by atoms with Gasteiger partial charge in [0.15, 0.2) is 37.5 Å². The third kappa shape index (κ3) is 33.0. The van der Waals surface area contributed by atoms with E-state index in [9.17, 15) is 28.8 Å². The number of aliphatic carboxylic acids is 2. The minimum atomic E-state index is -2.25. The highest BCUT2D eigenvalue weighted by Gasteiger charge is 2.34. The molecule has 0 saturated carbocycles. The number of rotatable bonds is 23. The van der Waals surface area contributed by atoms with Gasteiger partial charge in [-0.05, 0) is 6.92 Å². The van der Waals surface area contributed by atoms with Gasteiger partial charge in [0.05, 0.1) is 25.9 Å². The highest BCUT2D eigenvalue weighted by atomic mass is 16.4. The number of carbonyl (C=O) groups excluding carboxylic acids is 5. The molecule has 0 spiro atoms. The van der Waals surface area contributed by atoms with Gasteiger partial charge < -0.3 is 147 Å². The highest BCUT2D eigenvalue weighted by molar-refractivity contribution is 5.73. The largest absolute Gasteiger partial charge is 0.481 e. The molecule has 31 heteroatoms. The van der Waals surface area contributed by atoms with E-state index in [1.54, 1.807) is 0 Å². The van der Waals surface area contributed by atoms with Crippen molar-refractivity contribution in [2.75, 3.05) is 19.8 Å². The Bertz CT molecular complexity index is 1130. The van der Waals surface area contributed by atoms with Crippen LogP contribution in [0.2, 0.25) is 0 Å². The van der Waals surface area contributed by atoms with E-state index < -0.39 is 148 Å². The number of carbonyl (C=O) groups is 7. The van der Waals surface area contributed by atoms with Gasteiger partial charge in [0, 0.05) is 6.92 Å². The maximum absolute atomic E-state index is 10.1. The molecule has 19 atom stereocenters. The molecule has 0 bridgehead atoms. The van der Waals surface area contributed by atoms with Crippen LogP contribution in [-0.4, -0.2) is 302 Å². The van der Waals surface area contributed by atoms with E-state index in [0.29, 0.717) is 0 Å². The minimum absolute atomic E-state index is 0.0258. The van der Waals surface area contributed by atoms with Crippen molar-refractivity contribution in [1.29, 1.82) is 0 Å². The van der Waals surface area contributed by atoms with Gasteiger partial charge in [0.1, 0.15) is 104 Å². The summed E-state index contributed by atoms with van der Waals surface area (Å²) in [5.41, 5.74) is 0. The number of carboxylic acids is 2. The van der Waals surface area contributed by atoms with Crippen molar-refractivity contribution in [3.05, 3.63) is 0 Å². The second kappa shape index (κ2) is 40.2. The quantitative estimate of drug-likeness (QED) is 0.0423. The van der Waals surface area contributed by atoms with Gasteiger partial charge in [-0.3, -0.25) is 4.79 Å². The molecule has 0 aromatic heterocycles. The minimum Gasteiger partial charge on any atom is -0.481 e. The maximum atomic E-state index is 10.1. The zero-order valence-corrected chi connectivity index (χ0v) is 32.6. The highest BCUT2D eigenvalue weighted by Crippen LogP contribution is 2.06. The molecule has 370 valence electrons. The van der Waals surface area contributed by atoms with Crippen molar-refractivity contribution in [2.24, 2.45) is 0 Å². The van der Waals surface area contributed by atoms with Crippen LogP contribution in [0.15, 0.2) is 0 Å². The summed E-state index contributed by atoms with van der Waals surface area (Å²) in [6.07, 6.45) is -32.6. The lowest BCUT2D eigenvalue weighted by Gasteiger charge is -2.22. The second-order valence-electron chi connectivity index (χ2n) is 11.8. The van der Waals surface area contributed by atoms with Gasteiger partial charge in [-0.1, -0.05) is 0 Å². The van der Waals surface area contributed by atoms with Crippen molar-refractivity contribution in [3.8, 4) is 0 Å². The molecule has 0 fully saturated rings. The fourth-order valence-electron chi connectivity index (χ4n) is 2.84. The van der Waals surface area contributed by atoms with Crippen LogP contribution in [0.3, 0.4) is 0 Å². The lowest BCUT2D eigenvalue weighted by atomic mass is 10.0. The smallest absolute Gasteiger partial charge is 0.335 e.